The first-order valence-electron chi connectivity index (χ1n) is 12.0. The van der Waals surface area contributed by atoms with Crippen molar-refractivity contribution < 1.29 is 4.74 Å². The van der Waals surface area contributed by atoms with Crippen LogP contribution in [0, 0.1) is 6.92 Å². The maximum absolute atomic E-state index is 13.7. The third-order valence-electron chi connectivity index (χ3n) is 6.14. The molecule has 0 radical (unpaired) electrons. The number of hydrogen-bond donors (Lipinski definition) is 0. The van der Waals surface area contributed by atoms with E-state index < -0.39 is 0 Å². The largest absolute Gasteiger partial charge is 0.494 e. The van der Waals surface area contributed by atoms with Crippen LogP contribution in [0.3, 0.4) is 0 Å². The molecule has 0 saturated heterocycles. The molecule has 0 amide bonds. The average Bonchev–Trinajstić information content (AvgIpc) is 2.83. The fourth-order valence-corrected chi connectivity index (χ4v) is 4.37. The van der Waals surface area contributed by atoms with E-state index in [1.54, 1.807) is 0 Å². The molecule has 0 atom stereocenters. The van der Waals surface area contributed by atoms with Gasteiger partial charge in [-0.15, -0.1) is 0 Å². The highest BCUT2D eigenvalue weighted by atomic mass is 16.5. The molecule has 7 heteroatoms. The van der Waals surface area contributed by atoms with E-state index in [1.807, 2.05) is 60.9 Å². The summed E-state index contributed by atoms with van der Waals surface area (Å²) in [5, 5.41) is 0. The van der Waals surface area contributed by atoms with E-state index in [9.17, 15) is 4.79 Å². The van der Waals surface area contributed by atoms with Crippen molar-refractivity contribution in [2.75, 3.05) is 45.4 Å². The summed E-state index contributed by atoms with van der Waals surface area (Å²) in [7, 11) is 4.18. The van der Waals surface area contributed by atoms with Crippen LogP contribution >= 0.6 is 0 Å². The molecule has 0 N–H and O–H groups in total. The summed E-state index contributed by atoms with van der Waals surface area (Å²) in [5.41, 5.74) is 3.71. The summed E-state index contributed by atoms with van der Waals surface area (Å²) in [6.45, 7) is 7.69. The number of anilines is 2. The lowest BCUT2D eigenvalue weighted by Gasteiger charge is -2.38. The van der Waals surface area contributed by atoms with Crippen LogP contribution in [-0.2, 0) is 13.1 Å². The van der Waals surface area contributed by atoms with E-state index in [0.29, 0.717) is 32.3 Å². The van der Waals surface area contributed by atoms with Crippen molar-refractivity contribution in [1.82, 2.24) is 19.4 Å². The van der Waals surface area contributed by atoms with Crippen LogP contribution < -0.4 is 15.2 Å². The fourth-order valence-electron chi connectivity index (χ4n) is 4.37. The molecule has 1 aliphatic rings. The zero-order chi connectivity index (χ0) is 24.1. The number of rotatable bonds is 9. The Hall–Kier alpha value is -3.16. The molecule has 34 heavy (non-hydrogen) atoms. The molecule has 0 unspecified atom stereocenters. The first-order chi connectivity index (χ1) is 16.5. The maximum atomic E-state index is 13.7. The molecule has 1 aromatic heterocycles. The summed E-state index contributed by atoms with van der Waals surface area (Å²) < 4.78 is 7.45. The molecule has 0 fully saturated rings. The number of hydrogen-bond acceptors (Lipinski definition) is 6. The molecule has 3 aromatic rings. The summed E-state index contributed by atoms with van der Waals surface area (Å²) in [5.74, 6) is 1.54. The van der Waals surface area contributed by atoms with Gasteiger partial charge in [-0.1, -0.05) is 30.3 Å². The Morgan fingerprint density at radius 3 is 2.44 bits per heavy atom. The van der Waals surface area contributed by atoms with Crippen molar-refractivity contribution in [3.05, 3.63) is 81.8 Å². The minimum absolute atomic E-state index is 0.0413. The summed E-state index contributed by atoms with van der Waals surface area (Å²) in [6, 6.07) is 18.2. The van der Waals surface area contributed by atoms with Crippen molar-refractivity contribution in [1.29, 1.82) is 0 Å². The highest BCUT2D eigenvalue weighted by molar-refractivity contribution is 5.59. The SMILES string of the molecule is CCOc1ccc(N2CN(CCCN(C)C)Cn3c2nc(C)c(Cc2ccccc2)c3=O)cc1. The van der Waals surface area contributed by atoms with Crippen molar-refractivity contribution in [2.45, 2.75) is 33.4 Å². The molecule has 0 saturated carbocycles. The second kappa shape index (κ2) is 10.8. The van der Waals surface area contributed by atoms with Crippen LogP contribution in [0.2, 0.25) is 0 Å². The molecule has 2 heterocycles. The minimum Gasteiger partial charge on any atom is -0.494 e. The number of ether oxygens (including phenoxy) is 1. The number of benzene rings is 2. The molecule has 0 aliphatic carbocycles. The Morgan fingerprint density at radius 1 is 1.03 bits per heavy atom. The van der Waals surface area contributed by atoms with E-state index in [-0.39, 0.29) is 5.56 Å². The second-order valence-corrected chi connectivity index (χ2v) is 9.06. The van der Waals surface area contributed by atoms with E-state index in [1.165, 1.54) is 0 Å². The van der Waals surface area contributed by atoms with E-state index in [4.69, 9.17) is 9.72 Å². The normalized spacial score (nSPS) is 13.9. The Labute approximate surface area is 202 Å². The predicted octanol–water partition coefficient (Wildman–Crippen LogP) is 3.86. The zero-order valence-corrected chi connectivity index (χ0v) is 20.7. The second-order valence-electron chi connectivity index (χ2n) is 9.06. The lowest BCUT2D eigenvalue weighted by Crippen LogP contribution is -2.48. The Morgan fingerprint density at radius 2 is 1.76 bits per heavy atom. The Kier molecular flexibility index (Phi) is 7.65. The van der Waals surface area contributed by atoms with Crippen molar-refractivity contribution in [3.63, 3.8) is 0 Å². The van der Waals surface area contributed by atoms with E-state index in [2.05, 4.69) is 40.9 Å². The third-order valence-corrected chi connectivity index (χ3v) is 6.14. The van der Waals surface area contributed by atoms with Crippen molar-refractivity contribution in [3.8, 4) is 5.75 Å². The Bertz CT molecular complexity index is 1140. The van der Waals surface area contributed by atoms with Crippen LogP contribution in [0.4, 0.5) is 11.6 Å². The van der Waals surface area contributed by atoms with Gasteiger partial charge in [0.25, 0.3) is 5.56 Å². The Balaban J connectivity index is 1.70. The van der Waals surface area contributed by atoms with Crippen molar-refractivity contribution >= 4 is 11.6 Å². The molecular formula is C27H35N5O2. The van der Waals surface area contributed by atoms with Gasteiger partial charge in [0.05, 0.1) is 25.6 Å². The first-order valence-corrected chi connectivity index (χ1v) is 12.0. The average molecular weight is 462 g/mol. The standard InChI is InChI=1S/C27H35N5O2/c1-5-34-24-14-12-23(13-15-24)31-19-30(17-9-16-29(3)4)20-32-26(33)25(21(2)28-27(31)32)18-22-10-7-6-8-11-22/h6-8,10-15H,5,9,16-20H2,1-4H3. The number of aryl methyl sites for hydroxylation is 1. The smallest absolute Gasteiger partial charge is 0.259 e. The topological polar surface area (TPSA) is 53.8 Å². The molecule has 2 aromatic carbocycles. The summed E-state index contributed by atoms with van der Waals surface area (Å²) >= 11 is 0. The molecule has 0 spiro atoms. The summed E-state index contributed by atoms with van der Waals surface area (Å²) in [6.07, 6.45) is 1.62. The monoisotopic (exact) mass is 461 g/mol. The van der Waals surface area contributed by atoms with Crippen LogP contribution in [0.5, 0.6) is 5.75 Å². The lowest BCUT2D eigenvalue weighted by atomic mass is 10.1. The van der Waals surface area contributed by atoms with Gasteiger partial charge in [-0.2, -0.15) is 0 Å². The third kappa shape index (κ3) is 5.48. The van der Waals surface area contributed by atoms with Crippen LogP contribution in [0.25, 0.3) is 0 Å². The van der Waals surface area contributed by atoms with Crippen molar-refractivity contribution in [2.24, 2.45) is 0 Å². The van der Waals surface area contributed by atoms with Crippen LogP contribution in [0.1, 0.15) is 30.2 Å². The molecule has 0 bridgehead atoms. The fraction of sp³-hybridized carbons (Fsp3) is 0.407. The van der Waals surface area contributed by atoms with Gasteiger partial charge < -0.3 is 9.64 Å². The molecule has 1 aliphatic heterocycles. The highest BCUT2D eigenvalue weighted by Crippen LogP contribution is 2.29. The lowest BCUT2D eigenvalue weighted by molar-refractivity contribution is 0.189. The number of fused-ring (bicyclic) bond motifs is 1. The van der Waals surface area contributed by atoms with Gasteiger partial charge in [0, 0.05) is 24.2 Å². The first kappa shape index (κ1) is 24.0. The van der Waals surface area contributed by atoms with Gasteiger partial charge in [-0.05, 0) is 70.7 Å². The number of aromatic nitrogens is 2. The number of nitrogens with zero attached hydrogens (tertiary/aromatic N) is 5. The van der Waals surface area contributed by atoms with Crippen LogP contribution in [0.15, 0.2) is 59.4 Å². The quantitative estimate of drug-likeness (QED) is 0.482. The van der Waals surface area contributed by atoms with Gasteiger partial charge >= 0.3 is 0 Å². The van der Waals surface area contributed by atoms with Gasteiger partial charge in [-0.3, -0.25) is 19.2 Å². The molecule has 7 nitrogen and oxygen atoms in total. The molecular weight excluding hydrogens is 426 g/mol. The zero-order valence-electron chi connectivity index (χ0n) is 20.7. The van der Waals surface area contributed by atoms with Gasteiger partial charge in [0.15, 0.2) is 0 Å². The minimum atomic E-state index is 0.0413. The summed E-state index contributed by atoms with van der Waals surface area (Å²) in [4.78, 5) is 25.3. The highest BCUT2D eigenvalue weighted by Gasteiger charge is 2.27. The van der Waals surface area contributed by atoms with Gasteiger partial charge in [-0.25, -0.2) is 4.98 Å². The molecule has 4 rings (SSSR count). The van der Waals surface area contributed by atoms with E-state index in [0.717, 1.165) is 47.8 Å². The predicted molar refractivity (Wildman–Crippen MR) is 137 cm³/mol. The van der Waals surface area contributed by atoms with E-state index >= 15 is 0 Å². The maximum Gasteiger partial charge on any atom is 0.259 e. The van der Waals surface area contributed by atoms with Crippen LogP contribution in [-0.4, -0.2) is 59.8 Å². The van der Waals surface area contributed by atoms with Gasteiger partial charge in [0.2, 0.25) is 5.95 Å². The molecule has 180 valence electrons. The van der Waals surface area contributed by atoms with Gasteiger partial charge in [0.1, 0.15) is 5.75 Å².